The number of carbonyl (C=O) groups is 1. The van der Waals surface area contributed by atoms with Crippen LogP contribution in [0.25, 0.3) is 10.2 Å². The zero-order valence-electron chi connectivity index (χ0n) is 9.15. The van der Waals surface area contributed by atoms with E-state index >= 15 is 0 Å². The Morgan fingerprint density at radius 2 is 2.26 bits per heavy atom. The number of aliphatic carboxylic acids is 1. The van der Waals surface area contributed by atoms with Crippen LogP contribution in [0.5, 0.6) is 0 Å². The number of benzene rings is 1. The monoisotopic (exact) mass is 300 g/mol. The lowest BCUT2D eigenvalue weighted by Crippen LogP contribution is -1.98. The molecule has 0 radical (unpaired) electrons. The van der Waals surface area contributed by atoms with Gasteiger partial charge in [0.15, 0.2) is 6.54 Å². The average molecular weight is 300 g/mol. The molecule has 0 aliphatic carbocycles. The summed E-state index contributed by atoms with van der Waals surface area (Å²) in [4.78, 5) is 23.5. The van der Waals surface area contributed by atoms with Crippen LogP contribution in [0.1, 0.15) is 0 Å². The number of azo groups is 1. The van der Waals surface area contributed by atoms with Crippen LogP contribution in [-0.2, 0) is 15.9 Å². The number of rotatable bonds is 4. The van der Waals surface area contributed by atoms with Gasteiger partial charge in [-0.1, -0.05) is 11.3 Å². The molecule has 1 heterocycles. The maximum absolute atomic E-state index is 11.2. The second-order valence-electron chi connectivity index (χ2n) is 3.33. The minimum Gasteiger partial charge on any atom is -0.768 e. The fourth-order valence-electron chi connectivity index (χ4n) is 1.39. The first kappa shape index (κ1) is 13.5. The largest absolute Gasteiger partial charge is 0.768 e. The van der Waals surface area contributed by atoms with Gasteiger partial charge in [-0.25, -0.2) is 0 Å². The zero-order valence-corrected chi connectivity index (χ0v) is 10.8. The number of H-pyrrole nitrogens is 1. The molecule has 0 spiro atoms. The smallest absolute Gasteiger partial charge is 0.327 e. The summed E-state index contributed by atoms with van der Waals surface area (Å²) in [5.74, 6) is -1.19. The molecular weight excluding hydrogens is 294 g/mol. The molecule has 2 rings (SSSR count). The van der Waals surface area contributed by atoms with E-state index in [0.29, 0.717) is 4.70 Å². The van der Waals surface area contributed by atoms with Crippen LogP contribution in [0.2, 0.25) is 0 Å². The molecule has 100 valence electrons. The van der Waals surface area contributed by atoms with Gasteiger partial charge in [-0.3, -0.25) is 13.8 Å². The Bertz CT molecular complexity index is 748. The maximum atomic E-state index is 11.2. The SMILES string of the molecule is O=C(O)CN=Nc1c(S(=O)[O-])ccc2sc(=O)[nH]c12. The molecule has 8 nitrogen and oxygen atoms in total. The summed E-state index contributed by atoms with van der Waals surface area (Å²) in [7, 11) is 0. The summed E-state index contributed by atoms with van der Waals surface area (Å²) >= 11 is -1.67. The summed E-state index contributed by atoms with van der Waals surface area (Å²) in [6.45, 7) is -0.588. The van der Waals surface area contributed by atoms with E-state index in [1.54, 1.807) is 0 Å². The van der Waals surface area contributed by atoms with E-state index < -0.39 is 23.6 Å². The van der Waals surface area contributed by atoms with Crippen LogP contribution in [0, 0.1) is 0 Å². The van der Waals surface area contributed by atoms with Gasteiger partial charge in [0.25, 0.3) is 0 Å². The summed E-state index contributed by atoms with van der Waals surface area (Å²) < 4.78 is 22.6. The Kier molecular flexibility index (Phi) is 3.83. The molecule has 1 aromatic heterocycles. The minimum absolute atomic E-state index is 0.0644. The molecule has 10 heteroatoms. The molecule has 0 saturated carbocycles. The van der Waals surface area contributed by atoms with Gasteiger partial charge < -0.3 is 14.6 Å². The lowest BCUT2D eigenvalue weighted by atomic mass is 10.3. The minimum atomic E-state index is -2.57. The molecule has 1 atom stereocenters. The van der Waals surface area contributed by atoms with Crippen molar-refractivity contribution in [2.45, 2.75) is 4.90 Å². The van der Waals surface area contributed by atoms with Crippen LogP contribution in [0.15, 0.2) is 32.1 Å². The fourth-order valence-corrected chi connectivity index (χ4v) is 2.61. The molecule has 0 aliphatic rings. The Morgan fingerprint density at radius 1 is 1.53 bits per heavy atom. The van der Waals surface area contributed by atoms with E-state index in [1.165, 1.54) is 12.1 Å². The second kappa shape index (κ2) is 5.38. The highest BCUT2D eigenvalue weighted by Crippen LogP contribution is 2.31. The predicted octanol–water partition coefficient (Wildman–Crippen LogP) is 0.996. The third-order valence-corrected chi connectivity index (χ3v) is 3.62. The van der Waals surface area contributed by atoms with Crippen LogP contribution >= 0.6 is 11.3 Å². The molecule has 1 unspecified atom stereocenters. The van der Waals surface area contributed by atoms with Crippen LogP contribution < -0.4 is 4.87 Å². The van der Waals surface area contributed by atoms with Crippen molar-refractivity contribution in [3.8, 4) is 0 Å². The number of hydrogen-bond acceptors (Lipinski definition) is 7. The lowest BCUT2D eigenvalue weighted by Gasteiger charge is -2.08. The van der Waals surface area contributed by atoms with Crippen molar-refractivity contribution >= 4 is 44.3 Å². The van der Waals surface area contributed by atoms with Crippen molar-refractivity contribution in [3.05, 3.63) is 21.8 Å². The van der Waals surface area contributed by atoms with Crippen molar-refractivity contribution in [1.29, 1.82) is 0 Å². The summed E-state index contributed by atoms with van der Waals surface area (Å²) in [6.07, 6.45) is 0. The van der Waals surface area contributed by atoms with E-state index in [-0.39, 0.29) is 21.0 Å². The van der Waals surface area contributed by atoms with Gasteiger partial charge in [0, 0.05) is 0 Å². The first-order valence-corrected chi connectivity index (χ1v) is 6.72. The number of carboxylic acid groups (broad SMARTS) is 1. The molecule has 0 bridgehead atoms. The Hall–Kier alpha value is -1.91. The first-order chi connectivity index (χ1) is 8.99. The number of thiazole rings is 1. The van der Waals surface area contributed by atoms with Gasteiger partial charge in [-0.2, -0.15) is 10.2 Å². The molecule has 2 N–H and O–H groups in total. The van der Waals surface area contributed by atoms with E-state index in [4.69, 9.17) is 5.11 Å². The van der Waals surface area contributed by atoms with Crippen LogP contribution in [0.3, 0.4) is 0 Å². The number of hydrogen-bond donors (Lipinski definition) is 2. The molecular formula is C9H6N3O5S2-. The third-order valence-electron chi connectivity index (χ3n) is 2.09. The van der Waals surface area contributed by atoms with Crippen molar-refractivity contribution in [2.24, 2.45) is 10.2 Å². The summed E-state index contributed by atoms with van der Waals surface area (Å²) in [6, 6.07) is 2.75. The van der Waals surface area contributed by atoms with Gasteiger partial charge in [0.1, 0.15) is 5.69 Å². The highest BCUT2D eigenvalue weighted by atomic mass is 32.2. The van der Waals surface area contributed by atoms with Crippen LogP contribution in [-0.4, -0.2) is 31.4 Å². The molecule has 0 aliphatic heterocycles. The molecule has 1 aromatic carbocycles. The van der Waals surface area contributed by atoms with E-state index in [9.17, 15) is 18.4 Å². The lowest BCUT2D eigenvalue weighted by molar-refractivity contribution is -0.135. The zero-order chi connectivity index (χ0) is 14.0. The van der Waals surface area contributed by atoms with Gasteiger partial charge in [-0.05, 0) is 23.2 Å². The van der Waals surface area contributed by atoms with Gasteiger partial charge in [-0.15, -0.1) is 0 Å². The summed E-state index contributed by atoms with van der Waals surface area (Å²) in [5, 5.41) is 15.4. The van der Waals surface area contributed by atoms with Crippen molar-refractivity contribution < 1.29 is 18.7 Å². The number of aromatic amines is 1. The number of fused-ring (bicyclic) bond motifs is 1. The van der Waals surface area contributed by atoms with Gasteiger partial charge in [0.05, 0.1) is 15.1 Å². The molecule has 19 heavy (non-hydrogen) atoms. The van der Waals surface area contributed by atoms with Gasteiger partial charge in [0.2, 0.25) is 0 Å². The normalized spacial score (nSPS) is 13.1. The molecule has 0 saturated heterocycles. The van der Waals surface area contributed by atoms with Crippen molar-refractivity contribution in [2.75, 3.05) is 6.54 Å². The van der Waals surface area contributed by atoms with Crippen LogP contribution in [0.4, 0.5) is 5.69 Å². The topological polar surface area (TPSA) is 135 Å². The highest BCUT2D eigenvalue weighted by Gasteiger charge is 2.11. The Balaban J connectivity index is 2.61. The average Bonchev–Trinajstić information content (AvgIpc) is 2.69. The first-order valence-electron chi connectivity index (χ1n) is 4.83. The fraction of sp³-hybridized carbons (Fsp3) is 0.111. The Morgan fingerprint density at radius 3 is 2.89 bits per heavy atom. The highest BCUT2D eigenvalue weighted by molar-refractivity contribution is 7.79. The molecule has 0 fully saturated rings. The number of nitrogens with zero attached hydrogens (tertiary/aromatic N) is 2. The quantitative estimate of drug-likeness (QED) is 0.641. The van der Waals surface area contributed by atoms with E-state index in [2.05, 4.69) is 15.2 Å². The third kappa shape index (κ3) is 2.92. The summed E-state index contributed by atoms with van der Waals surface area (Å²) in [5.41, 5.74) is 0.163. The molecule has 0 amide bonds. The second-order valence-corrected chi connectivity index (χ2v) is 5.25. The van der Waals surface area contributed by atoms with Crippen molar-refractivity contribution in [1.82, 2.24) is 4.98 Å². The van der Waals surface area contributed by atoms with E-state index in [1.807, 2.05) is 0 Å². The Labute approximate surface area is 112 Å². The molecule has 2 aromatic rings. The van der Waals surface area contributed by atoms with Gasteiger partial charge >= 0.3 is 10.8 Å². The predicted molar refractivity (Wildman–Crippen MR) is 66.7 cm³/mol. The number of aromatic nitrogens is 1. The number of carboxylic acids is 1. The van der Waals surface area contributed by atoms with E-state index in [0.717, 1.165) is 11.3 Å². The number of nitrogens with one attached hydrogen (secondary N) is 1. The van der Waals surface area contributed by atoms with Crippen molar-refractivity contribution in [3.63, 3.8) is 0 Å². The standard InChI is InChI=1S/C9H7N3O5S2/c13-6(14)3-10-12-8-5(19(16)17)2-1-4-7(8)11-9(15)18-4/h1-2H,3H2,(H,11,15)(H,13,14)(H,16,17)/p-1. The maximum Gasteiger partial charge on any atom is 0.327 e.